The molecular weight excluding hydrogens is 324 g/mol. The lowest BCUT2D eigenvalue weighted by atomic mass is 9.83. The van der Waals surface area contributed by atoms with Crippen LogP contribution in [0.3, 0.4) is 0 Å². The van der Waals surface area contributed by atoms with E-state index < -0.39 is 0 Å². The van der Waals surface area contributed by atoms with Gasteiger partial charge in [0, 0.05) is 25.2 Å². The maximum atomic E-state index is 13.5. The maximum Gasteiger partial charge on any atom is 0.244 e. The molecule has 2 saturated heterocycles. The Bertz CT molecular complexity index is 637. The van der Waals surface area contributed by atoms with Crippen LogP contribution in [0.2, 0.25) is 0 Å². The van der Waals surface area contributed by atoms with Crippen LogP contribution < -0.4 is 0 Å². The molecule has 26 heavy (non-hydrogen) atoms. The Balaban J connectivity index is 1.81. The molecule has 1 unspecified atom stereocenters. The Morgan fingerprint density at radius 1 is 1.12 bits per heavy atom. The largest absolute Gasteiger partial charge is 0.338 e. The first-order valence-corrected chi connectivity index (χ1v) is 9.74. The smallest absolute Gasteiger partial charge is 0.244 e. The maximum absolute atomic E-state index is 13.5. The van der Waals surface area contributed by atoms with Crippen LogP contribution in [0.25, 0.3) is 0 Å². The number of likely N-dealkylation sites (tertiary alicyclic amines) is 1. The minimum Gasteiger partial charge on any atom is -0.338 e. The number of likely N-dealkylation sites (N-methyl/N-ethyl adjacent to an activating group) is 2. The van der Waals surface area contributed by atoms with Gasteiger partial charge in [0.2, 0.25) is 5.91 Å². The third-order valence-electron chi connectivity index (χ3n) is 6.34. The topological polar surface area (TPSA) is 30.0 Å². The van der Waals surface area contributed by atoms with Crippen LogP contribution in [0, 0.1) is 6.92 Å². The fraction of sp³-hybridized carbons (Fsp3) is 0.667. The van der Waals surface area contributed by atoms with E-state index in [9.17, 15) is 4.79 Å². The average Bonchev–Trinajstić information content (AvgIpc) is 2.60. The quantitative estimate of drug-likeness (QED) is 0.825. The highest BCUT2D eigenvalue weighted by molar-refractivity contribution is 5.83. The number of aryl methyl sites for hydroxylation is 1. The molecule has 1 amide bonds. The third-order valence-corrected chi connectivity index (χ3v) is 6.34. The van der Waals surface area contributed by atoms with Gasteiger partial charge in [0.25, 0.3) is 0 Å². The van der Waals surface area contributed by atoms with Crippen molar-refractivity contribution < 1.29 is 4.79 Å². The Labute approximate surface area is 158 Å². The molecular formula is C21H34N4O. The molecule has 0 aromatic heterocycles. The summed E-state index contributed by atoms with van der Waals surface area (Å²) in [6.07, 6.45) is 2.28. The number of carbonyl (C=O) groups excluding carboxylic acids is 1. The highest BCUT2D eigenvalue weighted by Gasteiger charge is 2.44. The summed E-state index contributed by atoms with van der Waals surface area (Å²) in [5, 5.41) is 0. The second kappa shape index (κ2) is 7.67. The van der Waals surface area contributed by atoms with Gasteiger partial charge in [-0.2, -0.15) is 0 Å². The first-order valence-electron chi connectivity index (χ1n) is 9.74. The van der Waals surface area contributed by atoms with Gasteiger partial charge in [-0.15, -0.1) is 0 Å². The van der Waals surface area contributed by atoms with Crippen molar-refractivity contribution in [1.82, 2.24) is 19.6 Å². The van der Waals surface area contributed by atoms with E-state index in [0.29, 0.717) is 0 Å². The van der Waals surface area contributed by atoms with Gasteiger partial charge in [-0.05, 0) is 66.6 Å². The number of nitrogens with zero attached hydrogens (tertiary/aromatic N) is 4. The van der Waals surface area contributed by atoms with Crippen molar-refractivity contribution in [2.45, 2.75) is 31.3 Å². The van der Waals surface area contributed by atoms with Gasteiger partial charge in [0.05, 0.1) is 0 Å². The van der Waals surface area contributed by atoms with E-state index in [1.165, 1.54) is 5.56 Å². The SMILES string of the molecule is Cc1cccc(C(C(=O)N2CCN(C)C3(CCN(C)CC3)C2)N(C)C)c1. The molecule has 1 spiro atoms. The highest BCUT2D eigenvalue weighted by Crippen LogP contribution is 2.33. The van der Waals surface area contributed by atoms with Crippen molar-refractivity contribution in [3.63, 3.8) is 0 Å². The number of hydrogen-bond donors (Lipinski definition) is 0. The van der Waals surface area contributed by atoms with E-state index in [4.69, 9.17) is 0 Å². The van der Waals surface area contributed by atoms with Crippen LogP contribution in [-0.4, -0.2) is 92.0 Å². The van der Waals surface area contributed by atoms with E-state index in [1.54, 1.807) is 0 Å². The Morgan fingerprint density at radius 3 is 2.42 bits per heavy atom. The van der Waals surface area contributed by atoms with Crippen molar-refractivity contribution in [2.75, 3.05) is 60.9 Å². The van der Waals surface area contributed by atoms with Crippen molar-refractivity contribution in [3.05, 3.63) is 35.4 Å². The molecule has 5 nitrogen and oxygen atoms in total. The lowest BCUT2D eigenvalue weighted by molar-refractivity contribution is -0.143. The van der Waals surface area contributed by atoms with Gasteiger partial charge in [-0.3, -0.25) is 14.6 Å². The molecule has 0 bridgehead atoms. The summed E-state index contributed by atoms with van der Waals surface area (Å²) in [5.74, 6) is 0.243. The van der Waals surface area contributed by atoms with Crippen molar-refractivity contribution in [2.24, 2.45) is 0 Å². The monoisotopic (exact) mass is 358 g/mol. The van der Waals surface area contributed by atoms with Gasteiger partial charge >= 0.3 is 0 Å². The molecule has 0 N–H and O–H groups in total. The van der Waals surface area contributed by atoms with Crippen LogP contribution in [0.1, 0.15) is 30.0 Å². The number of carbonyl (C=O) groups is 1. The van der Waals surface area contributed by atoms with Crippen LogP contribution in [0.15, 0.2) is 24.3 Å². The van der Waals surface area contributed by atoms with Crippen LogP contribution in [0.5, 0.6) is 0 Å². The lowest BCUT2D eigenvalue weighted by Crippen LogP contribution is -2.65. The van der Waals surface area contributed by atoms with E-state index >= 15 is 0 Å². The summed E-state index contributed by atoms with van der Waals surface area (Å²) >= 11 is 0. The van der Waals surface area contributed by atoms with Gasteiger partial charge < -0.3 is 9.80 Å². The number of benzene rings is 1. The molecule has 5 heteroatoms. The predicted molar refractivity (Wildman–Crippen MR) is 106 cm³/mol. The van der Waals surface area contributed by atoms with Crippen LogP contribution in [0.4, 0.5) is 0 Å². The van der Waals surface area contributed by atoms with E-state index in [2.05, 4.69) is 64.9 Å². The van der Waals surface area contributed by atoms with Crippen LogP contribution >= 0.6 is 0 Å². The number of piperazine rings is 1. The summed E-state index contributed by atoms with van der Waals surface area (Å²) in [4.78, 5) is 22.6. The predicted octanol–water partition coefficient (Wildman–Crippen LogP) is 1.84. The summed E-state index contributed by atoms with van der Waals surface area (Å²) in [6, 6.07) is 8.16. The molecule has 144 valence electrons. The highest BCUT2D eigenvalue weighted by atomic mass is 16.2. The summed E-state index contributed by atoms with van der Waals surface area (Å²) in [5.41, 5.74) is 2.44. The molecule has 0 radical (unpaired) electrons. The van der Waals surface area contributed by atoms with Crippen molar-refractivity contribution in [3.8, 4) is 0 Å². The van der Waals surface area contributed by atoms with Gasteiger partial charge in [-0.1, -0.05) is 29.8 Å². The molecule has 1 atom stereocenters. The van der Waals surface area contributed by atoms with E-state index in [-0.39, 0.29) is 17.5 Å². The summed E-state index contributed by atoms with van der Waals surface area (Å²) in [6.45, 7) is 6.95. The zero-order chi connectivity index (χ0) is 18.9. The molecule has 2 fully saturated rings. The minimum atomic E-state index is -0.207. The van der Waals surface area contributed by atoms with Crippen molar-refractivity contribution in [1.29, 1.82) is 0 Å². The Morgan fingerprint density at radius 2 is 1.81 bits per heavy atom. The fourth-order valence-corrected chi connectivity index (χ4v) is 4.50. The number of rotatable bonds is 3. The van der Waals surface area contributed by atoms with Crippen molar-refractivity contribution >= 4 is 5.91 Å². The first kappa shape index (κ1) is 19.3. The van der Waals surface area contributed by atoms with Gasteiger partial charge in [-0.25, -0.2) is 0 Å². The zero-order valence-corrected chi connectivity index (χ0v) is 17.0. The molecule has 3 rings (SSSR count). The van der Waals surface area contributed by atoms with E-state index in [0.717, 1.165) is 51.1 Å². The standard InChI is InChI=1S/C21H34N4O/c1-17-7-6-8-18(15-17)19(22(2)3)20(26)25-14-13-24(5)21(16-25)9-11-23(4)12-10-21/h6-8,15,19H,9-14,16H2,1-5H3. The molecule has 1 aromatic rings. The lowest BCUT2D eigenvalue weighted by Gasteiger charge is -2.53. The molecule has 2 aliphatic heterocycles. The Kier molecular flexibility index (Phi) is 5.70. The number of amides is 1. The van der Waals surface area contributed by atoms with Gasteiger partial charge in [0.15, 0.2) is 0 Å². The molecule has 0 saturated carbocycles. The first-order chi connectivity index (χ1) is 12.3. The summed E-state index contributed by atoms with van der Waals surface area (Å²) < 4.78 is 0. The number of piperidine rings is 1. The minimum absolute atomic E-state index is 0.143. The van der Waals surface area contributed by atoms with Gasteiger partial charge in [0.1, 0.15) is 6.04 Å². The third kappa shape index (κ3) is 3.80. The zero-order valence-electron chi connectivity index (χ0n) is 17.0. The fourth-order valence-electron chi connectivity index (χ4n) is 4.50. The van der Waals surface area contributed by atoms with Crippen LogP contribution in [-0.2, 0) is 4.79 Å². The Hall–Kier alpha value is -1.43. The molecule has 2 aliphatic rings. The average molecular weight is 359 g/mol. The summed E-state index contributed by atoms with van der Waals surface area (Å²) in [7, 11) is 8.44. The molecule has 0 aliphatic carbocycles. The number of hydrogen-bond acceptors (Lipinski definition) is 4. The van der Waals surface area contributed by atoms with E-state index in [1.807, 2.05) is 14.1 Å². The second-order valence-corrected chi connectivity index (χ2v) is 8.49. The molecule has 2 heterocycles. The molecule has 1 aromatic carbocycles. The normalized spacial score (nSPS) is 22.8. The second-order valence-electron chi connectivity index (χ2n) is 8.49.